The molecule has 1 heterocycles. The maximum absolute atomic E-state index is 8.54. The number of hydrogen-bond donors (Lipinski definition) is 2. The lowest BCUT2D eigenvalue weighted by Crippen LogP contribution is -1.97. The molecule has 0 saturated carbocycles. The Morgan fingerprint density at radius 2 is 2.18 bits per heavy atom. The molecule has 0 spiro atoms. The molecule has 0 aliphatic heterocycles. The zero-order chi connectivity index (χ0) is 12.3. The predicted molar refractivity (Wildman–Crippen MR) is 63.4 cm³/mol. The Bertz CT molecular complexity index is 656. The number of nitriles is 2. The highest BCUT2D eigenvalue weighted by atomic mass is 35.5. The Morgan fingerprint density at radius 3 is 2.88 bits per heavy atom. The molecule has 2 rings (SSSR count). The van der Waals surface area contributed by atoms with Crippen molar-refractivity contribution in [2.24, 2.45) is 5.10 Å². The molecular formula is C10H5ClN6. The Balaban J connectivity index is 2.42. The molecule has 0 saturated heterocycles. The van der Waals surface area contributed by atoms with E-state index in [0.29, 0.717) is 16.2 Å². The summed E-state index contributed by atoms with van der Waals surface area (Å²) in [7, 11) is 0. The molecule has 0 fully saturated rings. The lowest BCUT2D eigenvalue weighted by atomic mass is 10.2. The highest BCUT2D eigenvalue weighted by molar-refractivity contribution is 6.35. The van der Waals surface area contributed by atoms with Gasteiger partial charge in [-0.2, -0.15) is 20.7 Å². The average Bonchev–Trinajstić information content (AvgIpc) is 2.83. The fourth-order valence-corrected chi connectivity index (χ4v) is 1.49. The second kappa shape index (κ2) is 4.52. The van der Waals surface area contributed by atoms with Gasteiger partial charge in [-0.25, -0.2) is 0 Å². The van der Waals surface area contributed by atoms with Crippen molar-refractivity contribution in [3.8, 4) is 12.1 Å². The van der Waals surface area contributed by atoms with Crippen LogP contribution in [-0.2, 0) is 0 Å². The normalized spacial score (nSPS) is 9.35. The van der Waals surface area contributed by atoms with Crippen LogP contribution < -0.4 is 5.43 Å². The molecule has 0 atom stereocenters. The summed E-state index contributed by atoms with van der Waals surface area (Å²) in [5.41, 5.74) is 3.61. The SMILES string of the molecule is N#CC(C#N)=NNc1ccc(Cl)c2cn[nH]c12. The standard InChI is InChI=1S/C10H5ClN6/c11-8-1-2-9(10-7(8)5-14-17-10)16-15-6(3-12)4-13/h1-2,5,16H,(H,14,17). The van der Waals surface area contributed by atoms with Crippen LogP contribution in [-0.4, -0.2) is 15.9 Å². The molecule has 0 aliphatic carbocycles. The second-order valence-electron chi connectivity index (χ2n) is 3.05. The summed E-state index contributed by atoms with van der Waals surface area (Å²) >= 11 is 5.96. The largest absolute Gasteiger partial charge is 0.276 e. The summed E-state index contributed by atoms with van der Waals surface area (Å²) < 4.78 is 0. The molecule has 0 radical (unpaired) electrons. The summed E-state index contributed by atoms with van der Waals surface area (Å²) in [6, 6.07) is 6.66. The lowest BCUT2D eigenvalue weighted by molar-refractivity contribution is 1.12. The van der Waals surface area contributed by atoms with Crippen molar-refractivity contribution in [1.29, 1.82) is 10.5 Å². The maximum atomic E-state index is 8.54. The van der Waals surface area contributed by atoms with E-state index in [-0.39, 0.29) is 5.71 Å². The number of hydrogen-bond acceptors (Lipinski definition) is 5. The van der Waals surface area contributed by atoms with Crippen LogP contribution in [0.5, 0.6) is 0 Å². The fraction of sp³-hybridized carbons (Fsp3) is 0. The Kier molecular flexibility index (Phi) is 2.91. The molecular weight excluding hydrogens is 240 g/mol. The third kappa shape index (κ3) is 2.03. The van der Waals surface area contributed by atoms with Gasteiger partial charge in [-0.3, -0.25) is 10.5 Å². The van der Waals surface area contributed by atoms with Gasteiger partial charge in [0, 0.05) is 5.39 Å². The molecule has 1 aromatic carbocycles. The van der Waals surface area contributed by atoms with E-state index in [4.69, 9.17) is 22.1 Å². The van der Waals surface area contributed by atoms with Gasteiger partial charge in [-0.15, -0.1) is 0 Å². The van der Waals surface area contributed by atoms with Gasteiger partial charge in [0.15, 0.2) is 0 Å². The molecule has 1 aromatic heterocycles. The van der Waals surface area contributed by atoms with Gasteiger partial charge in [0.2, 0.25) is 5.71 Å². The molecule has 7 heteroatoms. The van der Waals surface area contributed by atoms with Crippen molar-refractivity contribution < 1.29 is 0 Å². The molecule has 0 aliphatic rings. The third-order valence-corrected chi connectivity index (χ3v) is 2.39. The summed E-state index contributed by atoms with van der Waals surface area (Å²) in [5.74, 6) is 0. The zero-order valence-corrected chi connectivity index (χ0v) is 9.15. The molecule has 0 amide bonds. The van der Waals surface area contributed by atoms with Gasteiger partial charge < -0.3 is 0 Å². The van der Waals surface area contributed by atoms with Crippen molar-refractivity contribution in [2.45, 2.75) is 0 Å². The van der Waals surface area contributed by atoms with Crippen molar-refractivity contribution in [1.82, 2.24) is 10.2 Å². The van der Waals surface area contributed by atoms with Crippen molar-refractivity contribution in [3.05, 3.63) is 23.4 Å². The van der Waals surface area contributed by atoms with Gasteiger partial charge in [-0.05, 0) is 12.1 Å². The van der Waals surface area contributed by atoms with Gasteiger partial charge in [-0.1, -0.05) is 11.6 Å². The number of nitrogens with zero attached hydrogens (tertiary/aromatic N) is 4. The molecule has 2 aromatic rings. The van der Waals surface area contributed by atoms with E-state index in [1.165, 1.54) is 0 Å². The first-order valence-electron chi connectivity index (χ1n) is 4.51. The molecule has 2 N–H and O–H groups in total. The third-order valence-electron chi connectivity index (χ3n) is 2.06. The highest BCUT2D eigenvalue weighted by Crippen LogP contribution is 2.27. The monoisotopic (exact) mass is 244 g/mol. The minimum absolute atomic E-state index is 0.257. The van der Waals surface area contributed by atoms with Crippen molar-refractivity contribution in [3.63, 3.8) is 0 Å². The number of benzene rings is 1. The number of hydrazone groups is 1. The molecule has 82 valence electrons. The maximum Gasteiger partial charge on any atom is 0.237 e. The van der Waals surface area contributed by atoms with Gasteiger partial charge in [0.25, 0.3) is 0 Å². The second-order valence-corrected chi connectivity index (χ2v) is 3.46. The van der Waals surface area contributed by atoms with Gasteiger partial charge in [0.1, 0.15) is 12.1 Å². The first-order valence-corrected chi connectivity index (χ1v) is 4.89. The fourth-order valence-electron chi connectivity index (χ4n) is 1.29. The van der Waals surface area contributed by atoms with E-state index in [2.05, 4.69) is 20.7 Å². The van der Waals surface area contributed by atoms with E-state index in [9.17, 15) is 0 Å². The Labute approximate surface area is 101 Å². The Hall–Kier alpha value is -2.57. The summed E-state index contributed by atoms with van der Waals surface area (Å²) in [5, 5.41) is 28.6. The highest BCUT2D eigenvalue weighted by Gasteiger charge is 2.06. The summed E-state index contributed by atoms with van der Waals surface area (Å²) in [6.45, 7) is 0. The Morgan fingerprint density at radius 1 is 1.41 bits per heavy atom. The van der Waals surface area contributed by atoms with E-state index < -0.39 is 0 Å². The summed E-state index contributed by atoms with van der Waals surface area (Å²) in [4.78, 5) is 0. The van der Waals surface area contributed by atoms with Crippen LogP contribution in [0.1, 0.15) is 0 Å². The topological polar surface area (TPSA) is 101 Å². The number of nitrogens with one attached hydrogen (secondary N) is 2. The van der Waals surface area contributed by atoms with Gasteiger partial charge in [0.05, 0.1) is 22.4 Å². The zero-order valence-electron chi connectivity index (χ0n) is 8.40. The van der Waals surface area contributed by atoms with Crippen LogP contribution in [0.2, 0.25) is 5.02 Å². The van der Waals surface area contributed by atoms with Gasteiger partial charge >= 0.3 is 0 Å². The van der Waals surface area contributed by atoms with Crippen LogP contribution in [0.25, 0.3) is 10.9 Å². The number of halogens is 1. The van der Waals surface area contributed by atoms with Crippen LogP contribution >= 0.6 is 11.6 Å². The minimum Gasteiger partial charge on any atom is -0.276 e. The number of rotatable bonds is 2. The number of fused-ring (bicyclic) bond motifs is 1. The lowest BCUT2D eigenvalue weighted by Gasteiger charge is -2.02. The van der Waals surface area contributed by atoms with Crippen LogP contribution in [0, 0.1) is 22.7 Å². The van der Waals surface area contributed by atoms with E-state index in [1.807, 2.05) is 0 Å². The number of H-pyrrole nitrogens is 1. The molecule has 0 bridgehead atoms. The average molecular weight is 245 g/mol. The quantitative estimate of drug-likeness (QED) is 0.623. The number of anilines is 1. The van der Waals surface area contributed by atoms with Crippen molar-refractivity contribution >= 4 is 33.9 Å². The van der Waals surface area contributed by atoms with E-state index >= 15 is 0 Å². The number of aromatic amines is 1. The van der Waals surface area contributed by atoms with Crippen LogP contribution in [0.15, 0.2) is 23.4 Å². The smallest absolute Gasteiger partial charge is 0.237 e. The van der Waals surface area contributed by atoms with Crippen molar-refractivity contribution in [2.75, 3.05) is 5.43 Å². The molecule has 17 heavy (non-hydrogen) atoms. The first-order chi connectivity index (χ1) is 8.26. The van der Waals surface area contributed by atoms with Crippen LogP contribution in [0.4, 0.5) is 5.69 Å². The number of aromatic nitrogens is 2. The summed E-state index contributed by atoms with van der Waals surface area (Å²) in [6.07, 6.45) is 1.59. The molecule has 6 nitrogen and oxygen atoms in total. The molecule has 0 unspecified atom stereocenters. The van der Waals surface area contributed by atoms with E-state index in [0.717, 1.165) is 5.39 Å². The first kappa shape index (κ1) is 10.9. The van der Waals surface area contributed by atoms with E-state index in [1.54, 1.807) is 30.5 Å². The minimum atomic E-state index is -0.257. The van der Waals surface area contributed by atoms with Crippen LogP contribution in [0.3, 0.4) is 0 Å². The predicted octanol–water partition coefficient (Wildman–Crippen LogP) is 2.03.